The lowest BCUT2D eigenvalue weighted by atomic mass is 10.0. The van der Waals surface area contributed by atoms with Crippen molar-refractivity contribution >= 4 is 23.4 Å². The summed E-state index contributed by atoms with van der Waals surface area (Å²) in [6.07, 6.45) is 0. The van der Waals surface area contributed by atoms with Crippen molar-refractivity contribution in [1.29, 1.82) is 0 Å². The van der Waals surface area contributed by atoms with E-state index in [4.69, 9.17) is 16.3 Å². The van der Waals surface area contributed by atoms with Crippen LogP contribution in [0.3, 0.4) is 0 Å². The number of carbonyl (C=O) groups excluding carboxylic acids is 2. The van der Waals surface area contributed by atoms with Gasteiger partial charge in [0.15, 0.2) is 5.78 Å². The van der Waals surface area contributed by atoms with Crippen molar-refractivity contribution in [3.8, 4) is 11.1 Å². The predicted octanol–water partition coefficient (Wildman–Crippen LogP) is 5.57. The van der Waals surface area contributed by atoms with Crippen LogP contribution in [0, 0.1) is 0 Å². The Morgan fingerprint density at radius 3 is 1.77 bits per heavy atom. The molecule has 4 heteroatoms. The molecule has 0 saturated heterocycles. The van der Waals surface area contributed by atoms with Crippen LogP contribution in [-0.4, -0.2) is 11.8 Å². The van der Waals surface area contributed by atoms with E-state index >= 15 is 0 Å². The van der Waals surface area contributed by atoms with Gasteiger partial charge in [-0.05, 0) is 47.9 Å². The molecule has 0 saturated carbocycles. The van der Waals surface area contributed by atoms with Crippen LogP contribution in [0.2, 0.25) is 5.02 Å². The Hall–Kier alpha value is -2.91. The molecule has 0 unspecified atom stereocenters. The minimum absolute atomic E-state index is 0.0373. The third kappa shape index (κ3) is 4.38. The first-order valence-corrected chi connectivity index (χ1v) is 8.54. The van der Waals surface area contributed by atoms with Gasteiger partial charge < -0.3 is 4.74 Å². The Morgan fingerprint density at radius 2 is 1.27 bits per heavy atom. The van der Waals surface area contributed by atoms with Gasteiger partial charge in [0.25, 0.3) is 0 Å². The zero-order chi connectivity index (χ0) is 18.5. The Kier molecular flexibility index (Phi) is 5.49. The third-order valence-corrected chi connectivity index (χ3v) is 4.28. The molecule has 0 aliphatic heterocycles. The monoisotopic (exact) mass is 364 g/mol. The SMILES string of the molecule is CC(=O)c1ccc(-c2ccc(C(=O)OCc3ccc(Cl)cc3)cc2)cc1. The molecule has 0 aliphatic carbocycles. The van der Waals surface area contributed by atoms with E-state index in [1.807, 2.05) is 36.4 Å². The summed E-state index contributed by atoms with van der Waals surface area (Å²) in [7, 11) is 0. The van der Waals surface area contributed by atoms with Crippen LogP contribution in [0.5, 0.6) is 0 Å². The predicted molar refractivity (Wildman–Crippen MR) is 102 cm³/mol. The molecule has 0 N–H and O–H groups in total. The lowest BCUT2D eigenvalue weighted by molar-refractivity contribution is 0.0472. The maximum atomic E-state index is 12.2. The maximum Gasteiger partial charge on any atom is 0.338 e. The molecule has 0 radical (unpaired) electrons. The minimum Gasteiger partial charge on any atom is -0.457 e. The van der Waals surface area contributed by atoms with Crippen molar-refractivity contribution in [2.24, 2.45) is 0 Å². The van der Waals surface area contributed by atoms with Crippen molar-refractivity contribution in [2.45, 2.75) is 13.5 Å². The Balaban J connectivity index is 1.65. The summed E-state index contributed by atoms with van der Waals surface area (Å²) in [5.74, 6) is -0.339. The standard InChI is InChI=1S/C22H17ClO3/c1-15(24)17-4-6-18(7-5-17)19-8-10-20(11-9-19)22(25)26-14-16-2-12-21(23)13-3-16/h2-13H,14H2,1H3. The highest BCUT2D eigenvalue weighted by Gasteiger charge is 2.08. The number of rotatable bonds is 5. The second-order valence-electron chi connectivity index (χ2n) is 5.91. The fourth-order valence-electron chi connectivity index (χ4n) is 2.51. The first kappa shape index (κ1) is 17.9. The number of ether oxygens (including phenoxy) is 1. The molecule has 0 amide bonds. The summed E-state index contributed by atoms with van der Waals surface area (Å²) in [5.41, 5.74) is 3.99. The van der Waals surface area contributed by atoms with Gasteiger partial charge in [0.2, 0.25) is 0 Å². The van der Waals surface area contributed by atoms with E-state index in [0.717, 1.165) is 16.7 Å². The van der Waals surface area contributed by atoms with Gasteiger partial charge >= 0.3 is 5.97 Å². The van der Waals surface area contributed by atoms with Gasteiger partial charge in [0.05, 0.1) is 5.56 Å². The van der Waals surface area contributed by atoms with Crippen molar-refractivity contribution < 1.29 is 14.3 Å². The van der Waals surface area contributed by atoms with Crippen LogP contribution in [0.25, 0.3) is 11.1 Å². The highest BCUT2D eigenvalue weighted by molar-refractivity contribution is 6.30. The number of halogens is 1. The molecule has 0 bridgehead atoms. The zero-order valence-electron chi connectivity index (χ0n) is 14.2. The van der Waals surface area contributed by atoms with E-state index in [1.54, 1.807) is 43.3 Å². The molecular formula is C22H17ClO3. The van der Waals surface area contributed by atoms with Crippen LogP contribution in [0.4, 0.5) is 0 Å². The van der Waals surface area contributed by atoms with E-state index in [9.17, 15) is 9.59 Å². The van der Waals surface area contributed by atoms with Gasteiger partial charge in [0.1, 0.15) is 6.61 Å². The molecule has 26 heavy (non-hydrogen) atoms. The zero-order valence-corrected chi connectivity index (χ0v) is 15.0. The molecule has 0 fully saturated rings. The van der Waals surface area contributed by atoms with Crippen molar-refractivity contribution in [2.75, 3.05) is 0 Å². The molecule has 3 aromatic carbocycles. The summed E-state index contributed by atoms with van der Waals surface area (Å²) in [5, 5.41) is 0.645. The number of esters is 1. The lowest BCUT2D eigenvalue weighted by Gasteiger charge is -2.07. The Bertz CT molecular complexity index is 911. The number of hydrogen-bond donors (Lipinski definition) is 0. The first-order valence-electron chi connectivity index (χ1n) is 8.16. The molecule has 0 atom stereocenters. The second-order valence-corrected chi connectivity index (χ2v) is 6.35. The van der Waals surface area contributed by atoms with Gasteiger partial charge in [-0.25, -0.2) is 4.79 Å². The van der Waals surface area contributed by atoms with E-state index in [1.165, 1.54) is 0 Å². The molecule has 0 heterocycles. The van der Waals surface area contributed by atoms with E-state index in [-0.39, 0.29) is 18.4 Å². The molecule has 0 aliphatic rings. The van der Waals surface area contributed by atoms with E-state index in [2.05, 4.69) is 0 Å². The van der Waals surface area contributed by atoms with Gasteiger partial charge in [-0.15, -0.1) is 0 Å². The molecule has 3 aromatic rings. The summed E-state index contributed by atoms with van der Waals surface area (Å²) >= 11 is 5.84. The molecule has 0 spiro atoms. The van der Waals surface area contributed by atoms with Crippen LogP contribution in [-0.2, 0) is 11.3 Å². The largest absolute Gasteiger partial charge is 0.457 e. The highest BCUT2D eigenvalue weighted by Crippen LogP contribution is 2.21. The number of carbonyl (C=O) groups is 2. The number of hydrogen-bond acceptors (Lipinski definition) is 3. The topological polar surface area (TPSA) is 43.4 Å². The average Bonchev–Trinajstić information content (AvgIpc) is 2.67. The fourth-order valence-corrected chi connectivity index (χ4v) is 2.63. The minimum atomic E-state index is -0.376. The summed E-state index contributed by atoms with van der Waals surface area (Å²) in [4.78, 5) is 23.5. The molecule has 3 rings (SSSR count). The molecule has 0 aromatic heterocycles. The number of ketones is 1. The normalized spacial score (nSPS) is 10.4. The first-order chi connectivity index (χ1) is 12.5. The Labute approximate surface area is 157 Å². The van der Waals surface area contributed by atoms with Gasteiger partial charge in [-0.1, -0.05) is 60.1 Å². The van der Waals surface area contributed by atoms with E-state index in [0.29, 0.717) is 16.1 Å². The molecule has 130 valence electrons. The van der Waals surface area contributed by atoms with Gasteiger partial charge in [0, 0.05) is 10.6 Å². The second kappa shape index (κ2) is 7.98. The van der Waals surface area contributed by atoms with Crippen LogP contribution in [0.15, 0.2) is 72.8 Å². The number of benzene rings is 3. The maximum absolute atomic E-state index is 12.2. The highest BCUT2D eigenvalue weighted by atomic mass is 35.5. The van der Waals surface area contributed by atoms with Crippen LogP contribution < -0.4 is 0 Å². The number of Topliss-reactive ketones (excluding diaryl/α,β-unsaturated/α-hetero) is 1. The Morgan fingerprint density at radius 1 is 0.769 bits per heavy atom. The summed E-state index contributed by atoms with van der Waals surface area (Å²) in [6, 6.07) is 21.7. The quantitative estimate of drug-likeness (QED) is 0.439. The summed E-state index contributed by atoms with van der Waals surface area (Å²) in [6.45, 7) is 1.74. The smallest absolute Gasteiger partial charge is 0.338 e. The van der Waals surface area contributed by atoms with Crippen molar-refractivity contribution in [3.63, 3.8) is 0 Å². The summed E-state index contributed by atoms with van der Waals surface area (Å²) < 4.78 is 5.32. The van der Waals surface area contributed by atoms with Crippen LogP contribution in [0.1, 0.15) is 33.2 Å². The lowest BCUT2D eigenvalue weighted by Crippen LogP contribution is -2.05. The van der Waals surface area contributed by atoms with Crippen LogP contribution >= 0.6 is 11.6 Å². The molecule has 3 nitrogen and oxygen atoms in total. The third-order valence-electron chi connectivity index (χ3n) is 4.03. The molecular weight excluding hydrogens is 348 g/mol. The van der Waals surface area contributed by atoms with Gasteiger partial charge in [-0.3, -0.25) is 4.79 Å². The van der Waals surface area contributed by atoms with Gasteiger partial charge in [-0.2, -0.15) is 0 Å². The average molecular weight is 365 g/mol. The fraction of sp³-hybridized carbons (Fsp3) is 0.0909. The van der Waals surface area contributed by atoms with E-state index < -0.39 is 0 Å². The van der Waals surface area contributed by atoms with Crippen molar-refractivity contribution in [3.05, 3.63) is 94.5 Å². The van der Waals surface area contributed by atoms with Crippen molar-refractivity contribution in [1.82, 2.24) is 0 Å².